The molecule has 2 aromatic rings. The van der Waals surface area contributed by atoms with E-state index in [1.807, 2.05) is 42.5 Å². The highest BCUT2D eigenvalue weighted by Gasteiger charge is 2.04. The van der Waals surface area contributed by atoms with Crippen LogP contribution in [-0.2, 0) is 16.1 Å². The monoisotopic (exact) mass is 371 g/mol. The molecule has 0 radical (unpaired) electrons. The lowest BCUT2D eigenvalue weighted by atomic mass is 10.2. The molecule has 6 nitrogen and oxygen atoms in total. The molecule has 0 atom stereocenters. The highest BCUT2D eigenvalue weighted by molar-refractivity contribution is 5.89. The van der Waals surface area contributed by atoms with Crippen LogP contribution in [0.1, 0.15) is 12.0 Å². The van der Waals surface area contributed by atoms with Gasteiger partial charge in [0.1, 0.15) is 0 Å². The maximum Gasteiger partial charge on any atom is 0.319 e. The quantitative estimate of drug-likeness (QED) is 0.594. The predicted octanol–water partition coefficient (Wildman–Crippen LogP) is 3.50. The van der Waals surface area contributed by atoms with E-state index < -0.39 is 0 Å². The molecule has 146 valence electrons. The minimum absolute atomic E-state index is 0.199. The van der Waals surface area contributed by atoms with E-state index in [-0.39, 0.29) is 6.03 Å². The summed E-state index contributed by atoms with van der Waals surface area (Å²) in [7, 11) is 3.70. The maximum atomic E-state index is 12.1. The Balaban J connectivity index is 1.66. The maximum absolute atomic E-state index is 12.1. The van der Waals surface area contributed by atoms with Crippen molar-refractivity contribution in [1.29, 1.82) is 0 Å². The van der Waals surface area contributed by atoms with Crippen LogP contribution in [0.15, 0.2) is 54.6 Å². The lowest BCUT2D eigenvalue weighted by Gasteiger charge is -2.19. The van der Waals surface area contributed by atoms with Crippen LogP contribution in [0.3, 0.4) is 0 Å². The van der Waals surface area contributed by atoms with E-state index in [1.54, 1.807) is 7.11 Å². The molecule has 0 saturated heterocycles. The number of carbonyl (C=O) groups excluding carboxylic acids is 1. The van der Waals surface area contributed by atoms with Gasteiger partial charge in [-0.05, 0) is 36.2 Å². The summed E-state index contributed by atoms with van der Waals surface area (Å²) in [4.78, 5) is 14.2. The van der Waals surface area contributed by atoms with Gasteiger partial charge < -0.3 is 25.0 Å². The number of rotatable bonds is 11. The summed E-state index contributed by atoms with van der Waals surface area (Å²) >= 11 is 0. The van der Waals surface area contributed by atoms with Crippen molar-refractivity contribution in [3.05, 3.63) is 60.2 Å². The summed E-state index contributed by atoms with van der Waals surface area (Å²) in [6, 6.07) is 17.6. The molecule has 0 spiro atoms. The topological polar surface area (TPSA) is 62.8 Å². The molecule has 2 N–H and O–H groups in total. The molecule has 0 unspecified atom stereocenters. The zero-order valence-corrected chi connectivity index (χ0v) is 16.1. The first-order valence-electron chi connectivity index (χ1n) is 9.15. The van der Waals surface area contributed by atoms with Gasteiger partial charge in [-0.3, -0.25) is 0 Å². The SMILES string of the molecule is COCCOCc1cccc(NC(=O)NCCCN(C)c2ccccc2)c1. The Hall–Kier alpha value is -2.57. The first kappa shape index (κ1) is 20.7. The van der Waals surface area contributed by atoms with Crippen molar-refractivity contribution in [1.82, 2.24) is 5.32 Å². The number of amides is 2. The van der Waals surface area contributed by atoms with Gasteiger partial charge in [0, 0.05) is 38.6 Å². The predicted molar refractivity (Wildman–Crippen MR) is 109 cm³/mol. The molecule has 0 bridgehead atoms. The molecule has 0 saturated carbocycles. The first-order valence-corrected chi connectivity index (χ1v) is 9.15. The second-order valence-electron chi connectivity index (χ2n) is 6.24. The third-order valence-corrected chi connectivity index (χ3v) is 4.04. The van der Waals surface area contributed by atoms with Crippen molar-refractivity contribution >= 4 is 17.4 Å². The van der Waals surface area contributed by atoms with Gasteiger partial charge in [0.25, 0.3) is 0 Å². The van der Waals surface area contributed by atoms with Crippen LogP contribution in [0.2, 0.25) is 0 Å². The average Bonchev–Trinajstić information content (AvgIpc) is 2.69. The third-order valence-electron chi connectivity index (χ3n) is 4.04. The number of carbonyl (C=O) groups is 1. The molecule has 6 heteroatoms. The van der Waals surface area contributed by atoms with Crippen LogP contribution in [0.25, 0.3) is 0 Å². The van der Waals surface area contributed by atoms with E-state index in [2.05, 4.69) is 34.7 Å². The minimum atomic E-state index is -0.199. The number of hydrogen-bond donors (Lipinski definition) is 2. The number of para-hydroxylation sites is 1. The second kappa shape index (κ2) is 11.9. The summed E-state index contributed by atoms with van der Waals surface area (Å²) in [6.07, 6.45) is 0.867. The highest BCUT2D eigenvalue weighted by Crippen LogP contribution is 2.12. The number of benzene rings is 2. The van der Waals surface area contributed by atoms with Gasteiger partial charge in [-0.2, -0.15) is 0 Å². The normalized spacial score (nSPS) is 10.4. The van der Waals surface area contributed by atoms with Crippen LogP contribution in [0.4, 0.5) is 16.2 Å². The Morgan fingerprint density at radius 3 is 2.67 bits per heavy atom. The average molecular weight is 371 g/mol. The number of nitrogens with zero attached hydrogens (tertiary/aromatic N) is 1. The van der Waals surface area contributed by atoms with Gasteiger partial charge in [0.15, 0.2) is 0 Å². The van der Waals surface area contributed by atoms with Crippen molar-refractivity contribution in [3.8, 4) is 0 Å². The summed E-state index contributed by atoms with van der Waals surface area (Å²) in [5.74, 6) is 0. The molecular weight excluding hydrogens is 342 g/mol. The highest BCUT2D eigenvalue weighted by atomic mass is 16.5. The third kappa shape index (κ3) is 8.11. The van der Waals surface area contributed by atoms with Crippen molar-refractivity contribution in [2.45, 2.75) is 13.0 Å². The van der Waals surface area contributed by atoms with Crippen LogP contribution in [0.5, 0.6) is 0 Å². The molecule has 0 aromatic heterocycles. The van der Waals surface area contributed by atoms with Crippen molar-refractivity contribution in [2.24, 2.45) is 0 Å². The molecule has 0 heterocycles. The lowest BCUT2D eigenvalue weighted by Crippen LogP contribution is -2.31. The van der Waals surface area contributed by atoms with E-state index in [4.69, 9.17) is 9.47 Å². The number of hydrogen-bond acceptors (Lipinski definition) is 4. The molecule has 0 aliphatic carbocycles. The molecule has 2 amide bonds. The van der Waals surface area contributed by atoms with E-state index in [0.29, 0.717) is 26.4 Å². The van der Waals surface area contributed by atoms with E-state index in [9.17, 15) is 4.79 Å². The van der Waals surface area contributed by atoms with E-state index in [1.165, 1.54) is 5.69 Å². The number of anilines is 2. The molecular formula is C21H29N3O3. The van der Waals surface area contributed by atoms with Crippen molar-refractivity contribution in [3.63, 3.8) is 0 Å². The molecule has 0 aliphatic heterocycles. The van der Waals surface area contributed by atoms with Crippen LogP contribution < -0.4 is 15.5 Å². The summed E-state index contributed by atoms with van der Waals surface area (Å²) < 4.78 is 10.4. The van der Waals surface area contributed by atoms with Gasteiger partial charge in [-0.15, -0.1) is 0 Å². The first-order chi connectivity index (χ1) is 13.2. The molecule has 0 aliphatic rings. The Morgan fingerprint density at radius 2 is 1.89 bits per heavy atom. The lowest BCUT2D eigenvalue weighted by molar-refractivity contribution is 0.0617. The molecule has 2 rings (SSSR count). The Kier molecular flexibility index (Phi) is 9.17. The van der Waals surface area contributed by atoms with E-state index >= 15 is 0 Å². The molecule has 27 heavy (non-hydrogen) atoms. The van der Waals surface area contributed by atoms with Crippen LogP contribution >= 0.6 is 0 Å². The number of urea groups is 1. The Bertz CT molecular complexity index is 679. The number of ether oxygens (including phenoxy) is 2. The van der Waals surface area contributed by atoms with E-state index in [0.717, 1.165) is 24.2 Å². The fourth-order valence-corrected chi connectivity index (χ4v) is 2.58. The fraction of sp³-hybridized carbons (Fsp3) is 0.381. The van der Waals surface area contributed by atoms with Gasteiger partial charge >= 0.3 is 6.03 Å². The smallest absolute Gasteiger partial charge is 0.319 e. The minimum Gasteiger partial charge on any atom is -0.382 e. The summed E-state index contributed by atoms with van der Waals surface area (Å²) in [5, 5.41) is 5.75. The zero-order chi connectivity index (χ0) is 19.3. The standard InChI is InChI=1S/C21H29N3O3/c1-24(20-10-4-3-5-11-20)13-7-12-22-21(25)23-19-9-6-8-18(16-19)17-27-15-14-26-2/h3-6,8-11,16H,7,12-15,17H2,1-2H3,(H2,22,23,25). The van der Waals surface area contributed by atoms with Gasteiger partial charge in [0.05, 0.1) is 19.8 Å². The van der Waals surface area contributed by atoms with Crippen molar-refractivity contribution < 1.29 is 14.3 Å². The zero-order valence-electron chi connectivity index (χ0n) is 16.1. The second-order valence-corrected chi connectivity index (χ2v) is 6.24. The summed E-state index contributed by atoms with van der Waals surface area (Å²) in [6.45, 7) is 3.10. The van der Waals surface area contributed by atoms with Crippen LogP contribution in [-0.4, -0.2) is 46.5 Å². The largest absolute Gasteiger partial charge is 0.382 e. The Morgan fingerprint density at radius 1 is 1.07 bits per heavy atom. The fourth-order valence-electron chi connectivity index (χ4n) is 2.58. The van der Waals surface area contributed by atoms with Gasteiger partial charge in [-0.1, -0.05) is 30.3 Å². The molecule has 0 fully saturated rings. The Labute approximate surface area is 161 Å². The van der Waals surface area contributed by atoms with Gasteiger partial charge in [-0.25, -0.2) is 4.79 Å². The van der Waals surface area contributed by atoms with Crippen LogP contribution in [0, 0.1) is 0 Å². The number of nitrogens with one attached hydrogen (secondary N) is 2. The molecule has 2 aromatic carbocycles. The number of methoxy groups -OCH3 is 1. The van der Waals surface area contributed by atoms with Gasteiger partial charge in [0.2, 0.25) is 0 Å². The van der Waals surface area contributed by atoms with Crippen molar-refractivity contribution in [2.75, 3.05) is 50.7 Å². The summed E-state index contributed by atoms with van der Waals surface area (Å²) in [5.41, 5.74) is 2.93.